The van der Waals surface area contributed by atoms with Crippen molar-refractivity contribution in [3.05, 3.63) is 65.4 Å². The van der Waals surface area contributed by atoms with Crippen molar-refractivity contribution in [2.45, 2.75) is 31.9 Å². The number of aromatic amines is 1. The Morgan fingerprint density at radius 3 is 2.85 bits per heavy atom. The molecule has 1 fully saturated rings. The van der Waals surface area contributed by atoms with Gasteiger partial charge in [-0.3, -0.25) is 10.00 Å². The molecule has 7 heteroatoms. The van der Waals surface area contributed by atoms with Crippen LogP contribution in [0.5, 0.6) is 0 Å². The maximum absolute atomic E-state index is 14.2. The molecular weight excluding hydrogens is 352 g/mol. The Hall–Kier alpha value is -2.51. The third-order valence-corrected chi connectivity index (χ3v) is 5.05. The Balaban J connectivity index is 1.54. The number of aromatic nitrogens is 2. The van der Waals surface area contributed by atoms with E-state index in [-0.39, 0.29) is 18.1 Å². The monoisotopic (exact) mass is 373 g/mol. The summed E-state index contributed by atoms with van der Waals surface area (Å²) in [5.41, 5.74) is 1.67. The van der Waals surface area contributed by atoms with Crippen molar-refractivity contribution in [2.24, 2.45) is 0 Å². The highest BCUT2D eigenvalue weighted by Gasteiger charge is 2.26. The van der Waals surface area contributed by atoms with E-state index in [1.165, 1.54) is 6.07 Å². The second kappa shape index (κ2) is 7.62. The first-order valence-electron chi connectivity index (χ1n) is 9.03. The minimum Gasteiger partial charge on any atom is -0.462 e. The second-order valence-electron chi connectivity index (χ2n) is 6.92. The van der Waals surface area contributed by atoms with Gasteiger partial charge in [0.05, 0.1) is 12.7 Å². The molecule has 1 atom stereocenters. The summed E-state index contributed by atoms with van der Waals surface area (Å²) in [7, 11) is 0. The van der Waals surface area contributed by atoms with Crippen LogP contribution in [0.25, 0.3) is 11.1 Å². The third-order valence-electron chi connectivity index (χ3n) is 5.05. The number of benzene rings is 1. The molecule has 1 aliphatic heterocycles. The highest BCUT2D eigenvalue weighted by atomic mass is 19.1. The predicted molar refractivity (Wildman–Crippen MR) is 95.8 cm³/mol. The van der Waals surface area contributed by atoms with Crippen LogP contribution < -0.4 is 0 Å². The fourth-order valence-corrected chi connectivity index (χ4v) is 3.77. The Kier molecular flexibility index (Phi) is 5.05. The number of halogens is 2. The molecule has 4 rings (SSSR count). The summed E-state index contributed by atoms with van der Waals surface area (Å²) in [6, 6.07) is 7.12. The average molecular weight is 373 g/mol. The van der Waals surface area contributed by atoms with E-state index in [1.807, 2.05) is 6.07 Å². The van der Waals surface area contributed by atoms with Gasteiger partial charge in [0.1, 0.15) is 29.8 Å². The van der Waals surface area contributed by atoms with Crippen molar-refractivity contribution in [3.8, 4) is 11.1 Å². The lowest BCUT2D eigenvalue weighted by atomic mass is 9.90. The largest absolute Gasteiger partial charge is 0.462 e. The highest BCUT2D eigenvalue weighted by molar-refractivity contribution is 5.66. The van der Waals surface area contributed by atoms with Gasteiger partial charge in [0.25, 0.3) is 0 Å². The molecule has 3 aromatic rings. The molecule has 1 aromatic carbocycles. The van der Waals surface area contributed by atoms with Gasteiger partial charge >= 0.3 is 0 Å². The van der Waals surface area contributed by atoms with Crippen molar-refractivity contribution >= 4 is 0 Å². The summed E-state index contributed by atoms with van der Waals surface area (Å²) in [4.78, 5) is 2.26. The SMILES string of the molecule is OCc1ccc(CN2CCCC(c3[nH]ncc3-c3cc(F)ccc3F)C2)o1. The predicted octanol–water partition coefficient (Wildman–Crippen LogP) is 3.82. The van der Waals surface area contributed by atoms with E-state index >= 15 is 0 Å². The van der Waals surface area contributed by atoms with Crippen LogP contribution in [-0.2, 0) is 13.2 Å². The summed E-state index contributed by atoms with van der Waals surface area (Å²) in [5.74, 6) is 0.572. The van der Waals surface area contributed by atoms with Crippen LogP contribution in [0.3, 0.4) is 0 Å². The molecule has 0 amide bonds. The molecule has 5 nitrogen and oxygen atoms in total. The number of rotatable bonds is 5. The number of likely N-dealkylation sites (tertiary alicyclic amines) is 1. The van der Waals surface area contributed by atoms with Crippen LogP contribution >= 0.6 is 0 Å². The zero-order valence-electron chi connectivity index (χ0n) is 14.8. The van der Waals surface area contributed by atoms with E-state index in [2.05, 4.69) is 15.1 Å². The molecule has 27 heavy (non-hydrogen) atoms. The summed E-state index contributed by atoms with van der Waals surface area (Å²) >= 11 is 0. The maximum atomic E-state index is 14.2. The molecule has 142 valence electrons. The van der Waals surface area contributed by atoms with Crippen LogP contribution in [0.2, 0.25) is 0 Å². The van der Waals surface area contributed by atoms with Crippen LogP contribution in [-0.4, -0.2) is 33.3 Å². The Labute approximate surface area is 155 Å². The van der Waals surface area contributed by atoms with Gasteiger partial charge < -0.3 is 9.52 Å². The van der Waals surface area contributed by atoms with Crippen molar-refractivity contribution in [1.82, 2.24) is 15.1 Å². The first-order chi connectivity index (χ1) is 13.1. The molecule has 0 saturated carbocycles. The fourth-order valence-electron chi connectivity index (χ4n) is 3.77. The number of aliphatic hydroxyl groups is 1. The fraction of sp³-hybridized carbons (Fsp3) is 0.350. The van der Waals surface area contributed by atoms with E-state index in [0.29, 0.717) is 17.9 Å². The standard InChI is InChI=1S/C20H21F2N3O2/c21-14-3-6-19(22)17(8-14)18-9-23-24-20(18)13-2-1-7-25(10-13)11-15-4-5-16(12-26)27-15/h3-6,8-9,13,26H,1-2,7,10-12H2,(H,23,24). The summed E-state index contributed by atoms with van der Waals surface area (Å²) in [6.45, 7) is 2.23. The molecule has 0 aliphatic carbocycles. The second-order valence-corrected chi connectivity index (χ2v) is 6.92. The van der Waals surface area contributed by atoms with Gasteiger partial charge in [-0.15, -0.1) is 0 Å². The number of aliphatic hydroxyl groups excluding tert-OH is 1. The van der Waals surface area contributed by atoms with Gasteiger partial charge in [0.15, 0.2) is 0 Å². The van der Waals surface area contributed by atoms with E-state index in [1.54, 1.807) is 12.3 Å². The number of hydrogen-bond donors (Lipinski definition) is 2. The van der Waals surface area contributed by atoms with Gasteiger partial charge in [-0.05, 0) is 49.7 Å². The van der Waals surface area contributed by atoms with Gasteiger partial charge in [0, 0.05) is 29.3 Å². The lowest BCUT2D eigenvalue weighted by molar-refractivity contribution is 0.179. The first kappa shape index (κ1) is 17.9. The van der Waals surface area contributed by atoms with Crippen LogP contribution in [0, 0.1) is 11.6 Å². The van der Waals surface area contributed by atoms with Crippen molar-refractivity contribution in [3.63, 3.8) is 0 Å². The van der Waals surface area contributed by atoms with Gasteiger partial charge in [-0.2, -0.15) is 5.10 Å². The van der Waals surface area contributed by atoms with E-state index in [4.69, 9.17) is 9.52 Å². The quantitative estimate of drug-likeness (QED) is 0.714. The van der Waals surface area contributed by atoms with Crippen LogP contribution in [0.1, 0.15) is 36.0 Å². The minimum atomic E-state index is -0.471. The third kappa shape index (κ3) is 3.79. The lowest BCUT2D eigenvalue weighted by Gasteiger charge is -2.32. The number of hydrogen-bond acceptors (Lipinski definition) is 4. The summed E-state index contributed by atoms with van der Waals surface area (Å²) in [6.07, 6.45) is 3.50. The van der Waals surface area contributed by atoms with E-state index < -0.39 is 11.6 Å². The number of nitrogens with zero attached hydrogens (tertiary/aromatic N) is 2. The molecule has 1 saturated heterocycles. The molecule has 3 heterocycles. The van der Waals surface area contributed by atoms with Crippen molar-refractivity contribution in [2.75, 3.05) is 13.1 Å². The molecule has 1 unspecified atom stereocenters. The molecule has 2 N–H and O–H groups in total. The zero-order chi connectivity index (χ0) is 18.8. The first-order valence-corrected chi connectivity index (χ1v) is 9.03. The molecular formula is C20H21F2N3O2. The molecule has 0 radical (unpaired) electrons. The number of furan rings is 1. The Morgan fingerprint density at radius 2 is 2.04 bits per heavy atom. The molecule has 2 aromatic heterocycles. The lowest BCUT2D eigenvalue weighted by Crippen LogP contribution is -2.34. The Bertz CT molecular complexity index is 922. The molecule has 0 bridgehead atoms. The zero-order valence-corrected chi connectivity index (χ0v) is 14.8. The summed E-state index contributed by atoms with van der Waals surface area (Å²) < 4.78 is 33.4. The van der Waals surface area contributed by atoms with Crippen LogP contribution in [0.4, 0.5) is 8.78 Å². The van der Waals surface area contributed by atoms with E-state index in [0.717, 1.165) is 49.5 Å². The van der Waals surface area contributed by atoms with E-state index in [9.17, 15) is 8.78 Å². The normalized spacial score (nSPS) is 18.1. The topological polar surface area (TPSA) is 65.3 Å². The molecule has 1 aliphatic rings. The van der Waals surface area contributed by atoms with Gasteiger partial charge in [-0.1, -0.05) is 0 Å². The van der Waals surface area contributed by atoms with Crippen molar-refractivity contribution in [1.29, 1.82) is 0 Å². The number of piperidine rings is 1. The minimum absolute atomic E-state index is 0.112. The maximum Gasteiger partial charge on any atom is 0.131 e. The highest BCUT2D eigenvalue weighted by Crippen LogP contribution is 2.34. The number of nitrogens with one attached hydrogen (secondary N) is 1. The average Bonchev–Trinajstić information content (AvgIpc) is 3.33. The Morgan fingerprint density at radius 1 is 1.19 bits per heavy atom. The van der Waals surface area contributed by atoms with Crippen molar-refractivity contribution < 1.29 is 18.3 Å². The summed E-state index contributed by atoms with van der Waals surface area (Å²) in [5, 5.41) is 16.2. The van der Waals surface area contributed by atoms with Crippen LogP contribution in [0.15, 0.2) is 40.9 Å². The smallest absolute Gasteiger partial charge is 0.131 e. The van der Waals surface area contributed by atoms with Gasteiger partial charge in [0.2, 0.25) is 0 Å². The van der Waals surface area contributed by atoms with Gasteiger partial charge in [-0.25, -0.2) is 8.78 Å². The number of H-pyrrole nitrogens is 1. The molecule has 0 spiro atoms.